The summed E-state index contributed by atoms with van der Waals surface area (Å²) in [6.45, 7) is 5.75. The summed E-state index contributed by atoms with van der Waals surface area (Å²) in [6.07, 6.45) is 0. The Morgan fingerprint density at radius 1 is 0.839 bits per heavy atom. The maximum atomic E-state index is 13.0. The standard InChI is InChI=1S/C27H23NO3/c1-17-8-11-20(12-9-17)26(29)16-31-27(30)23-15-25(21-13-10-18(2)19(3)14-21)28-24-7-5-4-6-22(23)24/h4-15H,16H2,1-3H3. The van der Waals surface area contributed by atoms with Crippen molar-refractivity contribution < 1.29 is 14.3 Å². The molecule has 154 valence electrons. The predicted molar refractivity (Wildman–Crippen MR) is 122 cm³/mol. The Morgan fingerprint density at radius 2 is 1.58 bits per heavy atom. The number of nitrogens with zero attached hydrogens (tertiary/aromatic N) is 1. The zero-order chi connectivity index (χ0) is 22.0. The minimum Gasteiger partial charge on any atom is -0.454 e. The van der Waals surface area contributed by atoms with Crippen LogP contribution < -0.4 is 0 Å². The fraction of sp³-hybridized carbons (Fsp3) is 0.148. The molecule has 31 heavy (non-hydrogen) atoms. The van der Waals surface area contributed by atoms with Gasteiger partial charge in [0.2, 0.25) is 0 Å². The summed E-state index contributed by atoms with van der Waals surface area (Å²) in [5, 5.41) is 0.697. The van der Waals surface area contributed by atoms with Gasteiger partial charge in [0.15, 0.2) is 12.4 Å². The molecule has 0 fully saturated rings. The summed E-state index contributed by atoms with van der Waals surface area (Å²) in [5.74, 6) is -0.773. The highest BCUT2D eigenvalue weighted by Crippen LogP contribution is 2.27. The second kappa shape index (κ2) is 8.52. The molecule has 0 N–H and O–H groups in total. The highest BCUT2D eigenvalue weighted by molar-refractivity contribution is 6.06. The maximum absolute atomic E-state index is 13.0. The fourth-order valence-electron chi connectivity index (χ4n) is 3.42. The number of ether oxygens (including phenoxy) is 1. The number of hydrogen-bond acceptors (Lipinski definition) is 4. The van der Waals surface area contributed by atoms with Gasteiger partial charge in [-0.2, -0.15) is 0 Å². The summed E-state index contributed by atoms with van der Waals surface area (Å²) in [5.41, 5.74) is 6.66. The van der Waals surface area contributed by atoms with Crippen LogP contribution in [0.3, 0.4) is 0 Å². The van der Waals surface area contributed by atoms with Crippen molar-refractivity contribution in [2.45, 2.75) is 20.8 Å². The minimum atomic E-state index is -0.538. The van der Waals surface area contributed by atoms with Crippen LogP contribution in [0.2, 0.25) is 0 Å². The summed E-state index contributed by atoms with van der Waals surface area (Å²) < 4.78 is 5.40. The first-order chi connectivity index (χ1) is 14.9. The SMILES string of the molecule is Cc1ccc(C(=O)COC(=O)c2cc(-c3ccc(C)c(C)c3)nc3ccccc23)cc1. The Labute approximate surface area is 181 Å². The van der Waals surface area contributed by atoms with Gasteiger partial charge in [0, 0.05) is 16.5 Å². The van der Waals surface area contributed by atoms with Crippen LogP contribution in [-0.2, 0) is 4.74 Å². The van der Waals surface area contributed by atoms with Crippen LogP contribution in [0.5, 0.6) is 0 Å². The van der Waals surface area contributed by atoms with Gasteiger partial charge in [-0.15, -0.1) is 0 Å². The van der Waals surface area contributed by atoms with E-state index in [0.717, 1.165) is 16.7 Å². The number of Topliss-reactive ketones (excluding diaryl/α,β-unsaturated/α-hetero) is 1. The third-order valence-corrected chi connectivity index (χ3v) is 5.45. The first kappa shape index (κ1) is 20.5. The fourth-order valence-corrected chi connectivity index (χ4v) is 3.42. The van der Waals surface area contributed by atoms with E-state index in [4.69, 9.17) is 9.72 Å². The van der Waals surface area contributed by atoms with Crippen molar-refractivity contribution in [1.82, 2.24) is 4.98 Å². The van der Waals surface area contributed by atoms with Crippen LogP contribution in [0.15, 0.2) is 72.8 Å². The lowest BCUT2D eigenvalue weighted by atomic mass is 10.0. The highest BCUT2D eigenvalue weighted by Gasteiger charge is 2.17. The van der Waals surface area contributed by atoms with E-state index in [2.05, 4.69) is 13.0 Å². The van der Waals surface area contributed by atoms with Crippen molar-refractivity contribution in [3.8, 4) is 11.3 Å². The van der Waals surface area contributed by atoms with E-state index >= 15 is 0 Å². The molecule has 0 aliphatic heterocycles. The van der Waals surface area contributed by atoms with Gasteiger partial charge in [-0.25, -0.2) is 9.78 Å². The maximum Gasteiger partial charge on any atom is 0.339 e. The first-order valence-electron chi connectivity index (χ1n) is 10.2. The molecule has 0 spiro atoms. The average molecular weight is 409 g/mol. The van der Waals surface area contributed by atoms with Crippen LogP contribution in [0.25, 0.3) is 22.2 Å². The minimum absolute atomic E-state index is 0.235. The number of fused-ring (bicyclic) bond motifs is 1. The first-order valence-corrected chi connectivity index (χ1v) is 10.2. The Kier molecular flexibility index (Phi) is 5.63. The Morgan fingerprint density at radius 3 is 2.32 bits per heavy atom. The van der Waals surface area contributed by atoms with Gasteiger partial charge in [0.25, 0.3) is 0 Å². The van der Waals surface area contributed by atoms with Crippen LogP contribution >= 0.6 is 0 Å². The molecule has 3 aromatic carbocycles. The molecule has 0 radical (unpaired) electrons. The van der Waals surface area contributed by atoms with Crippen molar-refractivity contribution in [2.75, 3.05) is 6.61 Å². The average Bonchev–Trinajstić information content (AvgIpc) is 2.78. The summed E-state index contributed by atoms with van der Waals surface area (Å²) >= 11 is 0. The summed E-state index contributed by atoms with van der Waals surface area (Å²) in [4.78, 5) is 30.1. The number of aromatic nitrogens is 1. The number of aryl methyl sites for hydroxylation is 3. The number of hydrogen-bond donors (Lipinski definition) is 0. The van der Waals surface area contributed by atoms with Crippen LogP contribution in [0, 0.1) is 20.8 Å². The number of ketones is 1. The van der Waals surface area contributed by atoms with Crippen molar-refractivity contribution in [3.63, 3.8) is 0 Å². The highest BCUT2D eigenvalue weighted by atomic mass is 16.5. The molecule has 4 nitrogen and oxygen atoms in total. The lowest BCUT2D eigenvalue weighted by Gasteiger charge is -2.11. The van der Waals surface area contributed by atoms with E-state index in [9.17, 15) is 9.59 Å². The molecular weight excluding hydrogens is 386 g/mol. The second-order valence-electron chi connectivity index (χ2n) is 7.74. The van der Waals surface area contributed by atoms with Crippen LogP contribution in [0.4, 0.5) is 0 Å². The van der Waals surface area contributed by atoms with E-state index < -0.39 is 5.97 Å². The number of carbonyl (C=O) groups is 2. The molecule has 0 bridgehead atoms. The molecule has 0 aliphatic rings. The predicted octanol–water partition coefficient (Wildman–Crippen LogP) is 5.87. The molecule has 0 saturated carbocycles. The zero-order valence-corrected chi connectivity index (χ0v) is 17.8. The monoisotopic (exact) mass is 409 g/mol. The zero-order valence-electron chi connectivity index (χ0n) is 17.8. The molecular formula is C27H23NO3. The molecule has 0 aliphatic carbocycles. The van der Waals surface area contributed by atoms with E-state index in [0.29, 0.717) is 27.7 Å². The van der Waals surface area contributed by atoms with Gasteiger partial charge in [-0.1, -0.05) is 60.2 Å². The number of esters is 1. The summed E-state index contributed by atoms with van der Waals surface area (Å²) in [6, 6.07) is 22.5. The molecule has 0 atom stereocenters. The number of benzene rings is 3. The largest absolute Gasteiger partial charge is 0.454 e. The van der Waals surface area contributed by atoms with Gasteiger partial charge < -0.3 is 4.74 Å². The molecule has 1 aromatic heterocycles. The van der Waals surface area contributed by atoms with Crippen LogP contribution in [-0.4, -0.2) is 23.3 Å². The molecule has 4 heteroatoms. The number of para-hydroxylation sites is 1. The van der Waals surface area contributed by atoms with Crippen LogP contribution in [0.1, 0.15) is 37.4 Å². The van der Waals surface area contributed by atoms with Gasteiger partial charge in [0.05, 0.1) is 16.8 Å². The lowest BCUT2D eigenvalue weighted by Crippen LogP contribution is -2.15. The lowest BCUT2D eigenvalue weighted by molar-refractivity contribution is 0.0476. The Hall–Kier alpha value is -3.79. The normalized spacial score (nSPS) is 10.8. The molecule has 1 heterocycles. The van der Waals surface area contributed by atoms with Gasteiger partial charge in [0.1, 0.15) is 0 Å². The van der Waals surface area contributed by atoms with Crippen molar-refractivity contribution >= 4 is 22.7 Å². The van der Waals surface area contributed by atoms with E-state index in [1.54, 1.807) is 18.2 Å². The van der Waals surface area contributed by atoms with E-state index in [1.807, 2.05) is 62.4 Å². The smallest absolute Gasteiger partial charge is 0.339 e. The number of carbonyl (C=O) groups excluding carboxylic acids is 2. The Balaban J connectivity index is 1.65. The molecule has 0 saturated heterocycles. The van der Waals surface area contributed by atoms with Crippen molar-refractivity contribution in [1.29, 1.82) is 0 Å². The van der Waals surface area contributed by atoms with Crippen molar-refractivity contribution in [3.05, 3.63) is 101 Å². The third-order valence-electron chi connectivity index (χ3n) is 5.45. The molecule has 0 amide bonds. The molecule has 4 aromatic rings. The third kappa shape index (κ3) is 4.38. The van der Waals surface area contributed by atoms with Gasteiger partial charge >= 0.3 is 5.97 Å². The summed E-state index contributed by atoms with van der Waals surface area (Å²) in [7, 11) is 0. The van der Waals surface area contributed by atoms with E-state index in [-0.39, 0.29) is 12.4 Å². The quantitative estimate of drug-likeness (QED) is 0.306. The molecule has 4 rings (SSSR count). The van der Waals surface area contributed by atoms with Crippen molar-refractivity contribution in [2.24, 2.45) is 0 Å². The topological polar surface area (TPSA) is 56.3 Å². The number of rotatable bonds is 5. The van der Waals surface area contributed by atoms with Gasteiger partial charge in [-0.3, -0.25) is 4.79 Å². The Bertz CT molecular complexity index is 1290. The van der Waals surface area contributed by atoms with E-state index in [1.165, 1.54) is 5.56 Å². The van der Waals surface area contributed by atoms with Gasteiger partial charge in [-0.05, 0) is 50.1 Å². The second-order valence-corrected chi connectivity index (χ2v) is 7.74. The number of pyridine rings is 1. The molecule has 0 unspecified atom stereocenters.